The van der Waals surface area contributed by atoms with Crippen LogP contribution in [0.3, 0.4) is 0 Å². The summed E-state index contributed by atoms with van der Waals surface area (Å²) in [5, 5.41) is 12.3. The molecule has 2 aliphatic heterocycles. The third-order valence-corrected chi connectivity index (χ3v) is 5.59. The van der Waals surface area contributed by atoms with Gasteiger partial charge in [-0.15, -0.1) is 0 Å². The minimum atomic E-state index is -0.678. The Morgan fingerprint density at radius 1 is 1.28 bits per heavy atom. The van der Waals surface area contributed by atoms with Gasteiger partial charge >= 0.3 is 0 Å². The number of thioether (sulfide) groups is 1. The fourth-order valence-corrected chi connectivity index (χ4v) is 5.10. The molecule has 0 amide bonds. The van der Waals surface area contributed by atoms with Crippen molar-refractivity contribution in [3.63, 3.8) is 0 Å². The molecule has 2 nitrogen and oxygen atoms in total. The van der Waals surface area contributed by atoms with Gasteiger partial charge in [-0.1, -0.05) is 18.2 Å². The van der Waals surface area contributed by atoms with Crippen LogP contribution in [-0.2, 0) is 5.60 Å². The van der Waals surface area contributed by atoms with Gasteiger partial charge in [-0.25, -0.2) is 0 Å². The second-order valence-corrected chi connectivity index (χ2v) is 6.93. The summed E-state index contributed by atoms with van der Waals surface area (Å²) in [7, 11) is 0. The average molecular weight is 264 g/mol. The second-order valence-electron chi connectivity index (χ2n) is 5.33. The molecule has 2 aliphatic rings. The fraction of sp³-hybridized carbons (Fsp3) is 0.600. The first kappa shape index (κ1) is 12.4. The quantitative estimate of drug-likeness (QED) is 0.908. The lowest BCUT2D eigenvalue weighted by atomic mass is 9.85. The minimum Gasteiger partial charge on any atom is -0.493 e. The van der Waals surface area contributed by atoms with Crippen LogP contribution >= 0.6 is 11.8 Å². The van der Waals surface area contributed by atoms with Gasteiger partial charge in [-0.3, -0.25) is 0 Å². The van der Waals surface area contributed by atoms with Crippen LogP contribution in [0.1, 0.15) is 38.2 Å². The first-order chi connectivity index (χ1) is 8.71. The summed E-state index contributed by atoms with van der Waals surface area (Å²) < 4.78 is 5.68. The average Bonchev–Trinajstić information content (AvgIpc) is 2.70. The van der Waals surface area contributed by atoms with Gasteiger partial charge in [0.2, 0.25) is 0 Å². The fourth-order valence-electron chi connectivity index (χ4n) is 3.27. The van der Waals surface area contributed by atoms with E-state index in [-0.39, 0.29) is 0 Å². The summed E-state index contributed by atoms with van der Waals surface area (Å²) in [4.78, 5) is 0. The van der Waals surface area contributed by atoms with Gasteiger partial charge in [0, 0.05) is 16.1 Å². The topological polar surface area (TPSA) is 29.5 Å². The number of benzene rings is 1. The van der Waals surface area contributed by atoms with E-state index in [0.717, 1.165) is 24.2 Å². The molecule has 1 aromatic carbocycles. The first-order valence-electron chi connectivity index (χ1n) is 6.81. The minimum absolute atomic E-state index is 0.628. The summed E-state index contributed by atoms with van der Waals surface area (Å²) in [6.45, 7) is 2.63. The normalized spacial score (nSPS) is 34.6. The molecule has 0 spiro atoms. The van der Waals surface area contributed by atoms with E-state index in [4.69, 9.17) is 4.74 Å². The Kier molecular flexibility index (Phi) is 3.29. The molecule has 0 saturated carbocycles. The zero-order valence-corrected chi connectivity index (χ0v) is 11.6. The van der Waals surface area contributed by atoms with Crippen LogP contribution in [0.2, 0.25) is 0 Å². The lowest BCUT2D eigenvalue weighted by Gasteiger charge is -2.37. The Morgan fingerprint density at radius 3 is 2.61 bits per heavy atom. The molecule has 98 valence electrons. The summed E-state index contributed by atoms with van der Waals surface area (Å²) in [6.07, 6.45) is 4.26. The van der Waals surface area contributed by atoms with Crippen molar-refractivity contribution < 1.29 is 9.84 Å². The highest BCUT2D eigenvalue weighted by Gasteiger charge is 2.45. The molecule has 3 rings (SSSR count). The molecule has 2 heterocycles. The maximum Gasteiger partial charge on any atom is 0.125 e. The Labute approximate surface area is 113 Å². The molecule has 2 fully saturated rings. The molecule has 0 aliphatic carbocycles. The van der Waals surface area contributed by atoms with Crippen LogP contribution in [0.15, 0.2) is 24.3 Å². The highest BCUT2D eigenvalue weighted by molar-refractivity contribution is 8.00. The monoisotopic (exact) mass is 264 g/mol. The number of hydrogen-bond donors (Lipinski definition) is 1. The van der Waals surface area contributed by atoms with Gasteiger partial charge in [-0.2, -0.15) is 11.8 Å². The van der Waals surface area contributed by atoms with E-state index in [1.54, 1.807) is 0 Å². The molecular formula is C15H20O2S. The van der Waals surface area contributed by atoms with Gasteiger partial charge in [0.05, 0.1) is 12.2 Å². The summed E-state index contributed by atoms with van der Waals surface area (Å²) in [5.41, 5.74) is 0.312. The highest BCUT2D eigenvalue weighted by Crippen LogP contribution is 2.52. The summed E-state index contributed by atoms with van der Waals surface area (Å²) in [5.74, 6) is 0.855. The number of para-hydroxylation sites is 1. The Morgan fingerprint density at radius 2 is 1.94 bits per heavy atom. The van der Waals surface area contributed by atoms with Crippen LogP contribution in [0, 0.1) is 0 Å². The molecule has 0 aromatic heterocycles. The lowest BCUT2D eigenvalue weighted by molar-refractivity contribution is 0.0170. The van der Waals surface area contributed by atoms with Crippen molar-refractivity contribution >= 4 is 11.8 Å². The highest BCUT2D eigenvalue weighted by atomic mass is 32.2. The zero-order valence-electron chi connectivity index (χ0n) is 10.8. The molecule has 2 bridgehead atoms. The van der Waals surface area contributed by atoms with Crippen molar-refractivity contribution in [1.82, 2.24) is 0 Å². The third kappa shape index (κ3) is 2.14. The number of ether oxygens (including phenoxy) is 1. The van der Waals surface area contributed by atoms with Crippen LogP contribution < -0.4 is 4.74 Å². The van der Waals surface area contributed by atoms with E-state index in [1.165, 1.54) is 12.8 Å². The second kappa shape index (κ2) is 4.78. The van der Waals surface area contributed by atoms with Crippen molar-refractivity contribution in [3.8, 4) is 5.75 Å². The molecule has 18 heavy (non-hydrogen) atoms. The lowest BCUT2D eigenvalue weighted by Crippen LogP contribution is -2.35. The van der Waals surface area contributed by atoms with E-state index < -0.39 is 5.60 Å². The first-order valence-corrected chi connectivity index (χ1v) is 7.76. The summed E-state index contributed by atoms with van der Waals surface area (Å²) in [6, 6.07) is 7.98. The molecule has 0 radical (unpaired) electrons. The van der Waals surface area contributed by atoms with Crippen molar-refractivity contribution in [2.24, 2.45) is 0 Å². The van der Waals surface area contributed by atoms with Crippen LogP contribution in [0.4, 0.5) is 0 Å². The predicted molar refractivity (Wildman–Crippen MR) is 75.1 cm³/mol. The standard InChI is InChI=1S/C15H20O2S/c1-2-17-14-6-4-3-5-13(14)15(16)9-11-7-8-12(10-15)18-11/h3-6,11-12,16H,2,7-10H2,1H3. The SMILES string of the molecule is CCOc1ccccc1C1(O)CC2CCC(C1)S2. The Hall–Kier alpha value is -0.670. The molecule has 1 aromatic rings. The molecule has 2 atom stereocenters. The Bertz CT molecular complexity index is 420. The number of aliphatic hydroxyl groups is 1. The van der Waals surface area contributed by atoms with Crippen LogP contribution in [0.5, 0.6) is 5.75 Å². The van der Waals surface area contributed by atoms with Crippen LogP contribution in [0.25, 0.3) is 0 Å². The van der Waals surface area contributed by atoms with Crippen molar-refractivity contribution in [2.75, 3.05) is 6.61 Å². The number of rotatable bonds is 3. The number of hydrogen-bond acceptors (Lipinski definition) is 3. The zero-order chi connectivity index (χ0) is 12.6. The van der Waals surface area contributed by atoms with Gasteiger partial charge in [-0.05, 0) is 38.7 Å². The maximum absolute atomic E-state index is 11.0. The maximum atomic E-state index is 11.0. The molecular weight excluding hydrogens is 244 g/mol. The summed E-state index contributed by atoms with van der Waals surface area (Å²) >= 11 is 2.07. The van der Waals surface area contributed by atoms with E-state index in [2.05, 4.69) is 11.8 Å². The largest absolute Gasteiger partial charge is 0.493 e. The van der Waals surface area contributed by atoms with Gasteiger partial charge in [0.1, 0.15) is 5.75 Å². The van der Waals surface area contributed by atoms with E-state index in [1.807, 2.05) is 31.2 Å². The Balaban J connectivity index is 1.93. The molecule has 2 saturated heterocycles. The van der Waals surface area contributed by atoms with E-state index >= 15 is 0 Å². The van der Waals surface area contributed by atoms with Gasteiger partial charge in [0.15, 0.2) is 0 Å². The number of fused-ring (bicyclic) bond motifs is 2. The molecule has 3 heteroatoms. The third-order valence-electron chi connectivity index (χ3n) is 4.01. The van der Waals surface area contributed by atoms with Crippen molar-refractivity contribution in [2.45, 2.75) is 48.7 Å². The molecule has 2 unspecified atom stereocenters. The van der Waals surface area contributed by atoms with Gasteiger partial charge < -0.3 is 9.84 Å². The van der Waals surface area contributed by atoms with Crippen molar-refractivity contribution in [3.05, 3.63) is 29.8 Å². The predicted octanol–water partition coefficient (Wildman–Crippen LogP) is 3.33. The van der Waals surface area contributed by atoms with Crippen LogP contribution in [-0.4, -0.2) is 22.2 Å². The smallest absolute Gasteiger partial charge is 0.125 e. The van der Waals surface area contributed by atoms with E-state index in [9.17, 15) is 5.11 Å². The van der Waals surface area contributed by atoms with Crippen molar-refractivity contribution in [1.29, 1.82) is 0 Å². The van der Waals surface area contributed by atoms with E-state index in [0.29, 0.717) is 17.1 Å². The molecule has 1 N–H and O–H groups in total. The van der Waals surface area contributed by atoms with Gasteiger partial charge in [0.25, 0.3) is 0 Å².